The number of hydrogen-bond acceptors (Lipinski definition) is 8. The fraction of sp³-hybridized carbons (Fsp3) is 0.444. The van der Waals surface area contributed by atoms with E-state index >= 15 is 0 Å². The Hall–Kier alpha value is -0.620. The van der Waals surface area contributed by atoms with Crippen molar-refractivity contribution in [3.05, 3.63) is 40.7 Å². The summed E-state index contributed by atoms with van der Waals surface area (Å²) in [5.41, 5.74) is 0.880. The van der Waals surface area contributed by atoms with Crippen molar-refractivity contribution >= 4 is 51.9 Å². The van der Waals surface area contributed by atoms with Gasteiger partial charge in [-0.2, -0.15) is 0 Å². The van der Waals surface area contributed by atoms with Crippen LogP contribution >= 0.6 is 35.7 Å². The maximum atomic E-state index is 12.2. The van der Waals surface area contributed by atoms with E-state index in [1.807, 2.05) is 30.1 Å². The van der Waals surface area contributed by atoms with E-state index in [-0.39, 0.29) is 46.5 Å². The minimum atomic E-state index is -1.38. The molecule has 0 bridgehead atoms. The third-order valence-corrected chi connectivity index (χ3v) is 7.84. The number of hydrogen-bond donors (Lipinski definition) is 1. The predicted molar refractivity (Wildman–Crippen MR) is 111 cm³/mol. The van der Waals surface area contributed by atoms with E-state index in [1.54, 1.807) is 6.20 Å². The molecule has 2 aliphatic heterocycles. The summed E-state index contributed by atoms with van der Waals surface area (Å²) in [6, 6.07) is 5.76. The Morgan fingerprint density at radius 3 is 2.83 bits per heavy atom. The number of amides is 1. The zero-order valence-corrected chi connectivity index (χ0v) is 20.9. The molecule has 150 valence electrons. The second kappa shape index (κ2) is 10.6. The number of pyridine rings is 1. The van der Waals surface area contributed by atoms with Crippen LogP contribution in [0.5, 0.6) is 0 Å². The van der Waals surface area contributed by atoms with E-state index in [1.165, 1.54) is 35.3 Å². The number of aliphatic hydroxyl groups excluding tert-OH is 1. The molecule has 11 heteroatoms. The van der Waals surface area contributed by atoms with Crippen LogP contribution in [0.15, 0.2) is 35.0 Å². The Morgan fingerprint density at radius 2 is 2.24 bits per heavy atom. The molecular formula is C18H20N3NaO4S3. The largest absolute Gasteiger partial charge is 1.00 e. The van der Waals surface area contributed by atoms with Gasteiger partial charge in [0.25, 0.3) is 0 Å². The van der Waals surface area contributed by atoms with Crippen molar-refractivity contribution in [3.8, 4) is 0 Å². The van der Waals surface area contributed by atoms with Gasteiger partial charge in [-0.25, -0.2) is 0 Å². The van der Waals surface area contributed by atoms with Crippen molar-refractivity contribution < 1.29 is 49.4 Å². The summed E-state index contributed by atoms with van der Waals surface area (Å²) in [5, 5.41) is 20.9. The van der Waals surface area contributed by atoms with Crippen LogP contribution in [0.25, 0.3) is 0 Å². The Bertz CT molecular complexity index is 822. The van der Waals surface area contributed by atoms with Crippen LogP contribution in [-0.4, -0.2) is 66.9 Å². The minimum absolute atomic E-state index is 0. The van der Waals surface area contributed by atoms with Crippen LogP contribution in [0.4, 0.5) is 0 Å². The van der Waals surface area contributed by atoms with Gasteiger partial charge in [0, 0.05) is 42.6 Å². The van der Waals surface area contributed by atoms with Gasteiger partial charge in [0.15, 0.2) is 0 Å². The van der Waals surface area contributed by atoms with Crippen molar-refractivity contribution in [1.82, 2.24) is 14.8 Å². The molecule has 29 heavy (non-hydrogen) atoms. The number of carbonyl (C=O) groups is 2. The van der Waals surface area contributed by atoms with Gasteiger partial charge in [-0.05, 0) is 19.1 Å². The molecule has 3 atom stereocenters. The molecule has 1 amide bonds. The maximum absolute atomic E-state index is 12.2. The number of aromatic nitrogens is 1. The summed E-state index contributed by atoms with van der Waals surface area (Å²) in [5.74, 6) is -2.00. The van der Waals surface area contributed by atoms with Crippen molar-refractivity contribution in [3.63, 3.8) is 0 Å². The summed E-state index contributed by atoms with van der Waals surface area (Å²) in [6.07, 6.45) is 1.68. The zero-order valence-electron chi connectivity index (χ0n) is 16.4. The number of rotatable bonds is 7. The number of carboxylic acids is 1. The number of fused-ring (bicyclic) bond motifs is 1. The van der Waals surface area contributed by atoms with Crippen LogP contribution in [0.3, 0.4) is 0 Å². The SMILES string of the molecule is C[C@@H](O)[C@H]1C(=O)N2C(C(=O)[O-])=C(CSC(=S)N(C)CCc3ccccn3)S[C@H]12.[Na+]. The van der Waals surface area contributed by atoms with Crippen molar-refractivity contribution in [2.24, 2.45) is 5.92 Å². The van der Waals surface area contributed by atoms with E-state index in [9.17, 15) is 19.8 Å². The monoisotopic (exact) mass is 461 g/mol. The first-order valence-electron chi connectivity index (χ1n) is 8.71. The average Bonchev–Trinajstić information content (AvgIpc) is 2.99. The fourth-order valence-corrected chi connectivity index (χ4v) is 5.91. The summed E-state index contributed by atoms with van der Waals surface area (Å²) >= 11 is 8.09. The molecule has 0 spiro atoms. The van der Waals surface area contributed by atoms with Gasteiger partial charge >= 0.3 is 29.6 Å². The summed E-state index contributed by atoms with van der Waals surface area (Å²) in [6.45, 7) is 2.23. The van der Waals surface area contributed by atoms with Gasteiger partial charge in [-0.15, -0.1) is 11.8 Å². The van der Waals surface area contributed by atoms with Crippen LogP contribution in [-0.2, 0) is 16.0 Å². The van der Waals surface area contributed by atoms with Gasteiger partial charge in [-0.1, -0.05) is 30.0 Å². The average molecular weight is 462 g/mol. The molecule has 1 aromatic rings. The van der Waals surface area contributed by atoms with E-state index < -0.39 is 18.0 Å². The van der Waals surface area contributed by atoms with Gasteiger partial charge in [0.2, 0.25) is 5.91 Å². The molecule has 0 aliphatic carbocycles. The molecule has 1 fully saturated rings. The molecule has 0 saturated carbocycles. The number of carboxylic acid groups (broad SMARTS) is 1. The van der Waals surface area contributed by atoms with Crippen LogP contribution < -0.4 is 34.7 Å². The van der Waals surface area contributed by atoms with Crippen molar-refractivity contribution in [2.75, 3.05) is 19.3 Å². The zero-order chi connectivity index (χ0) is 20.4. The number of carbonyl (C=O) groups excluding carboxylic acids is 2. The Morgan fingerprint density at radius 1 is 1.52 bits per heavy atom. The normalized spacial score (nSPS) is 21.2. The number of β-lactam (4-membered cyclic amide) rings is 1. The number of aliphatic hydroxyl groups is 1. The molecule has 1 N–H and O–H groups in total. The first-order chi connectivity index (χ1) is 13.3. The molecule has 3 heterocycles. The third kappa shape index (κ3) is 5.36. The minimum Gasteiger partial charge on any atom is -0.543 e. The molecule has 0 aromatic carbocycles. The summed E-state index contributed by atoms with van der Waals surface area (Å²) in [7, 11) is 1.88. The Balaban J connectivity index is 0.00000300. The van der Waals surface area contributed by atoms with Gasteiger partial charge < -0.3 is 19.9 Å². The first kappa shape index (κ1) is 24.6. The van der Waals surface area contributed by atoms with E-state index in [0.29, 0.717) is 21.5 Å². The van der Waals surface area contributed by atoms with Crippen LogP contribution in [0, 0.1) is 5.92 Å². The molecular weight excluding hydrogens is 441 g/mol. The number of likely N-dealkylation sites (N-methyl/N-ethyl adjacent to an activating group) is 1. The van der Waals surface area contributed by atoms with Crippen molar-refractivity contribution in [1.29, 1.82) is 0 Å². The molecule has 2 aliphatic rings. The van der Waals surface area contributed by atoms with Crippen LogP contribution in [0.2, 0.25) is 0 Å². The Labute approximate surface area is 205 Å². The second-order valence-electron chi connectivity index (χ2n) is 6.59. The van der Waals surface area contributed by atoms with Gasteiger partial charge in [0.1, 0.15) is 9.69 Å². The van der Waals surface area contributed by atoms with Crippen molar-refractivity contribution in [2.45, 2.75) is 24.8 Å². The molecule has 7 nitrogen and oxygen atoms in total. The second-order valence-corrected chi connectivity index (χ2v) is 9.41. The molecule has 0 radical (unpaired) electrons. The smallest absolute Gasteiger partial charge is 0.543 e. The summed E-state index contributed by atoms with van der Waals surface area (Å²) < 4.78 is 0.634. The number of thiocarbonyl (C=S) groups is 1. The van der Waals surface area contributed by atoms with Gasteiger partial charge in [0.05, 0.1) is 23.7 Å². The quantitative estimate of drug-likeness (QED) is 0.267. The predicted octanol–water partition coefficient (Wildman–Crippen LogP) is -2.55. The summed E-state index contributed by atoms with van der Waals surface area (Å²) in [4.78, 5) is 31.7. The fourth-order valence-electron chi connectivity index (χ4n) is 3.10. The van der Waals surface area contributed by atoms with E-state index in [0.717, 1.165) is 12.1 Å². The topological polar surface area (TPSA) is 96.8 Å². The molecule has 0 unspecified atom stereocenters. The molecule has 1 saturated heterocycles. The van der Waals surface area contributed by atoms with E-state index in [2.05, 4.69) is 4.98 Å². The maximum Gasteiger partial charge on any atom is 1.00 e. The van der Waals surface area contributed by atoms with Crippen LogP contribution in [0.1, 0.15) is 12.6 Å². The first-order valence-corrected chi connectivity index (χ1v) is 11.0. The Kier molecular flexibility index (Phi) is 9.02. The number of thioether (sulfide) groups is 2. The number of aliphatic carboxylic acids is 1. The standard InChI is InChI=1S/C18H21N3O4S3.Na/c1-10(22)13-15(23)21-14(17(24)25)12(28-16(13)21)9-27-18(26)20(2)8-6-11-5-3-4-7-19-11;/h3-5,7,10,13,16,22H,6,8-9H2,1-2H3,(H,24,25);/q;+1/p-1/t10-,13+,16-;/m1./s1. The molecule has 1 aromatic heterocycles. The number of nitrogens with zero attached hydrogens (tertiary/aromatic N) is 3. The van der Waals surface area contributed by atoms with Gasteiger partial charge in [-0.3, -0.25) is 14.7 Å². The molecule has 3 rings (SSSR count). The third-order valence-electron chi connectivity index (χ3n) is 4.63. The van der Waals surface area contributed by atoms with E-state index in [4.69, 9.17) is 12.2 Å².